The van der Waals surface area contributed by atoms with Crippen LogP contribution in [0.5, 0.6) is 5.75 Å². The topological polar surface area (TPSA) is 57.5 Å². The van der Waals surface area contributed by atoms with Crippen molar-refractivity contribution < 1.29 is 15.0 Å². The average molecular weight is 259 g/mol. The summed E-state index contributed by atoms with van der Waals surface area (Å²) in [5, 5.41) is 18.2. The number of carboxylic acids is 1. The van der Waals surface area contributed by atoms with Crippen molar-refractivity contribution in [3.8, 4) is 5.75 Å². The summed E-state index contributed by atoms with van der Waals surface area (Å²) >= 11 is 3.19. The SMILES string of the molecule is Cc1ccc(Br)c(O)c1CCC(=O)O. The maximum absolute atomic E-state index is 10.4. The molecule has 0 atom stereocenters. The average Bonchev–Trinajstić information content (AvgIpc) is 2.11. The molecule has 0 aliphatic heterocycles. The number of halogens is 1. The van der Waals surface area contributed by atoms with Gasteiger partial charge in [-0.25, -0.2) is 0 Å². The summed E-state index contributed by atoms with van der Waals surface area (Å²) in [5.41, 5.74) is 1.61. The lowest BCUT2D eigenvalue weighted by Crippen LogP contribution is -1.99. The number of hydrogen-bond acceptors (Lipinski definition) is 2. The molecule has 3 nitrogen and oxygen atoms in total. The number of carboxylic acid groups (broad SMARTS) is 1. The Bertz CT molecular complexity index is 361. The largest absolute Gasteiger partial charge is 0.506 e. The van der Waals surface area contributed by atoms with Gasteiger partial charge in [-0.2, -0.15) is 0 Å². The van der Waals surface area contributed by atoms with Crippen LogP contribution in [0.3, 0.4) is 0 Å². The van der Waals surface area contributed by atoms with E-state index in [4.69, 9.17) is 5.11 Å². The fourth-order valence-electron chi connectivity index (χ4n) is 1.26. The summed E-state index contributed by atoms with van der Waals surface area (Å²) in [4.78, 5) is 10.4. The van der Waals surface area contributed by atoms with Gasteiger partial charge < -0.3 is 10.2 Å². The second-order valence-electron chi connectivity index (χ2n) is 3.09. The van der Waals surface area contributed by atoms with E-state index < -0.39 is 5.97 Å². The minimum Gasteiger partial charge on any atom is -0.506 e. The summed E-state index contributed by atoms with van der Waals surface area (Å²) in [5.74, 6) is -0.713. The Morgan fingerprint density at radius 3 is 2.71 bits per heavy atom. The molecule has 76 valence electrons. The van der Waals surface area contributed by atoms with E-state index in [9.17, 15) is 9.90 Å². The van der Waals surface area contributed by atoms with E-state index in [1.54, 1.807) is 6.07 Å². The van der Waals surface area contributed by atoms with Crippen LogP contribution in [-0.4, -0.2) is 16.2 Å². The molecule has 0 spiro atoms. The van der Waals surface area contributed by atoms with Gasteiger partial charge in [-0.1, -0.05) is 6.07 Å². The van der Waals surface area contributed by atoms with E-state index in [1.807, 2.05) is 13.0 Å². The molecule has 0 aliphatic rings. The minimum atomic E-state index is -0.858. The molecular formula is C10H11BrO3. The number of benzene rings is 1. The number of carbonyl (C=O) groups is 1. The van der Waals surface area contributed by atoms with Gasteiger partial charge in [0.15, 0.2) is 0 Å². The molecule has 0 aliphatic carbocycles. The fourth-order valence-corrected chi connectivity index (χ4v) is 1.63. The molecule has 0 bridgehead atoms. The lowest BCUT2D eigenvalue weighted by atomic mass is 10.0. The van der Waals surface area contributed by atoms with Crippen LogP contribution in [0.25, 0.3) is 0 Å². The number of aryl methyl sites for hydroxylation is 1. The lowest BCUT2D eigenvalue weighted by Gasteiger charge is -2.08. The van der Waals surface area contributed by atoms with Crippen LogP contribution >= 0.6 is 15.9 Å². The predicted molar refractivity (Wildman–Crippen MR) is 56.5 cm³/mol. The number of phenolic OH excluding ortho intramolecular Hbond substituents is 1. The van der Waals surface area contributed by atoms with E-state index in [0.717, 1.165) is 5.56 Å². The lowest BCUT2D eigenvalue weighted by molar-refractivity contribution is -0.136. The molecule has 1 aromatic rings. The number of rotatable bonds is 3. The van der Waals surface area contributed by atoms with Crippen molar-refractivity contribution >= 4 is 21.9 Å². The van der Waals surface area contributed by atoms with Crippen molar-refractivity contribution in [1.29, 1.82) is 0 Å². The first-order valence-electron chi connectivity index (χ1n) is 4.21. The van der Waals surface area contributed by atoms with Crippen molar-refractivity contribution in [2.45, 2.75) is 19.8 Å². The Labute approximate surface area is 90.5 Å². The van der Waals surface area contributed by atoms with Crippen molar-refractivity contribution in [3.05, 3.63) is 27.7 Å². The second kappa shape index (κ2) is 4.46. The van der Waals surface area contributed by atoms with Crippen molar-refractivity contribution in [2.24, 2.45) is 0 Å². The molecule has 2 N–H and O–H groups in total. The quantitative estimate of drug-likeness (QED) is 0.876. The zero-order valence-corrected chi connectivity index (χ0v) is 9.34. The Morgan fingerprint density at radius 2 is 2.14 bits per heavy atom. The molecule has 14 heavy (non-hydrogen) atoms. The van der Waals surface area contributed by atoms with Gasteiger partial charge in [0.25, 0.3) is 0 Å². The summed E-state index contributed by atoms with van der Waals surface area (Å²) < 4.78 is 0.600. The molecular weight excluding hydrogens is 248 g/mol. The van der Waals surface area contributed by atoms with Gasteiger partial charge in [0, 0.05) is 6.42 Å². The third kappa shape index (κ3) is 2.48. The van der Waals surface area contributed by atoms with Crippen LogP contribution in [-0.2, 0) is 11.2 Å². The van der Waals surface area contributed by atoms with Gasteiger partial charge in [0.05, 0.1) is 4.47 Å². The first-order valence-corrected chi connectivity index (χ1v) is 5.00. The zero-order chi connectivity index (χ0) is 10.7. The van der Waals surface area contributed by atoms with Crippen LogP contribution in [0.2, 0.25) is 0 Å². The van der Waals surface area contributed by atoms with Gasteiger partial charge in [0.1, 0.15) is 5.75 Å². The number of phenols is 1. The van der Waals surface area contributed by atoms with Gasteiger partial charge in [-0.15, -0.1) is 0 Å². The van der Waals surface area contributed by atoms with Gasteiger partial charge >= 0.3 is 5.97 Å². The van der Waals surface area contributed by atoms with E-state index in [1.165, 1.54) is 0 Å². The Hall–Kier alpha value is -1.03. The molecule has 0 fully saturated rings. The number of hydrogen-bond donors (Lipinski definition) is 2. The second-order valence-corrected chi connectivity index (χ2v) is 3.94. The molecule has 0 amide bonds. The van der Waals surface area contributed by atoms with Crippen LogP contribution in [0.4, 0.5) is 0 Å². The monoisotopic (exact) mass is 258 g/mol. The summed E-state index contributed by atoms with van der Waals surface area (Å²) in [6.07, 6.45) is 0.386. The highest BCUT2D eigenvalue weighted by atomic mass is 79.9. The highest BCUT2D eigenvalue weighted by molar-refractivity contribution is 9.10. The maximum Gasteiger partial charge on any atom is 0.303 e. The Morgan fingerprint density at radius 1 is 1.50 bits per heavy atom. The summed E-state index contributed by atoms with van der Waals surface area (Å²) in [6, 6.07) is 3.59. The molecule has 0 heterocycles. The zero-order valence-electron chi connectivity index (χ0n) is 7.75. The van der Waals surface area contributed by atoms with Gasteiger partial charge in [-0.05, 0) is 46.5 Å². The molecule has 0 aromatic heterocycles. The minimum absolute atomic E-state index is 0.0326. The Kier molecular flexibility index (Phi) is 3.52. The standard InChI is InChI=1S/C10H11BrO3/c1-6-2-4-8(11)10(14)7(6)3-5-9(12)13/h2,4,14H,3,5H2,1H3,(H,12,13). The van der Waals surface area contributed by atoms with Crippen molar-refractivity contribution in [2.75, 3.05) is 0 Å². The normalized spacial score (nSPS) is 10.1. The third-order valence-electron chi connectivity index (χ3n) is 2.06. The van der Waals surface area contributed by atoms with Crippen LogP contribution in [0.15, 0.2) is 16.6 Å². The van der Waals surface area contributed by atoms with E-state index in [0.29, 0.717) is 16.5 Å². The van der Waals surface area contributed by atoms with Crippen LogP contribution in [0, 0.1) is 6.92 Å². The first kappa shape index (κ1) is 11.0. The Balaban J connectivity index is 2.95. The third-order valence-corrected chi connectivity index (χ3v) is 2.70. The molecule has 1 aromatic carbocycles. The van der Waals surface area contributed by atoms with Crippen molar-refractivity contribution in [1.82, 2.24) is 0 Å². The molecule has 0 unspecified atom stereocenters. The van der Waals surface area contributed by atoms with E-state index in [-0.39, 0.29) is 12.2 Å². The summed E-state index contributed by atoms with van der Waals surface area (Å²) in [7, 11) is 0. The van der Waals surface area contributed by atoms with Gasteiger partial charge in [-0.3, -0.25) is 4.79 Å². The van der Waals surface area contributed by atoms with Crippen LogP contribution in [0.1, 0.15) is 17.5 Å². The van der Waals surface area contributed by atoms with E-state index >= 15 is 0 Å². The first-order chi connectivity index (χ1) is 6.52. The van der Waals surface area contributed by atoms with Gasteiger partial charge in [0.2, 0.25) is 0 Å². The molecule has 0 radical (unpaired) electrons. The number of aromatic hydroxyl groups is 1. The number of aliphatic carboxylic acids is 1. The van der Waals surface area contributed by atoms with E-state index in [2.05, 4.69) is 15.9 Å². The molecule has 0 saturated heterocycles. The highest BCUT2D eigenvalue weighted by Gasteiger charge is 2.09. The van der Waals surface area contributed by atoms with Crippen molar-refractivity contribution in [3.63, 3.8) is 0 Å². The smallest absolute Gasteiger partial charge is 0.303 e. The maximum atomic E-state index is 10.4. The molecule has 0 saturated carbocycles. The molecule has 4 heteroatoms. The summed E-state index contributed by atoms with van der Waals surface area (Å²) in [6.45, 7) is 1.85. The predicted octanol–water partition coefficient (Wildman–Crippen LogP) is 2.48. The van der Waals surface area contributed by atoms with Crippen LogP contribution < -0.4 is 0 Å². The fraction of sp³-hybridized carbons (Fsp3) is 0.300. The highest BCUT2D eigenvalue weighted by Crippen LogP contribution is 2.30. The molecule has 1 rings (SSSR count).